The molecule has 4 rings (SSSR count). The summed E-state index contributed by atoms with van der Waals surface area (Å²) in [5, 5.41) is 11.4. The molecular weight excluding hydrogens is 366 g/mol. The van der Waals surface area contributed by atoms with Gasteiger partial charge >= 0.3 is 6.09 Å². The molecule has 154 valence electrons. The molecule has 0 aliphatic heterocycles. The zero-order valence-electron chi connectivity index (χ0n) is 17.4. The van der Waals surface area contributed by atoms with Crippen molar-refractivity contribution in [3.05, 3.63) is 65.0 Å². The van der Waals surface area contributed by atoms with Crippen LogP contribution in [0.1, 0.15) is 56.7 Å². The smallest absolute Gasteiger partial charge is 0.418 e. The lowest BCUT2D eigenvalue weighted by molar-refractivity contribution is -0.0224. The Kier molecular flexibility index (Phi) is 5.13. The highest BCUT2D eigenvalue weighted by Gasteiger charge is 2.43. The average Bonchev–Trinajstić information content (AvgIpc) is 3.06. The Balaban J connectivity index is 1.57. The minimum atomic E-state index is -0.910. The first-order valence-corrected chi connectivity index (χ1v) is 10.3. The van der Waals surface area contributed by atoms with Gasteiger partial charge in [-0.1, -0.05) is 30.3 Å². The van der Waals surface area contributed by atoms with Crippen molar-refractivity contribution in [1.29, 1.82) is 0 Å². The Hall–Kier alpha value is -2.37. The molecule has 0 unspecified atom stereocenters. The molecule has 0 amide bonds. The summed E-state index contributed by atoms with van der Waals surface area (Å²) in [6, 6.07) is 10.1. The van der Waals surface area contributed by atoms with Gasteiger partial charge in [-0.15, -0.1) is 0 Å². The van der Waals surface area contributed by atoms with E-state index in [9.17, 15) is 9.90 Å². The normalized spacial score (nSPS) is 23.7. The van der Waals surface area contributed by atoms with E-state index in [0.717, 1.165) is 35.1 Å². The maximum absolute atomic E-state index is 12.4. The second-order valence-electron chi connectivity index (χ2n) is 9.11. The lowest BCUT2D eigenvalue weighted by Crippen LogP contribution is -2.44. The number of hydrogen-bond acceptors (Lipinski definition) is 4. The largest absolute Gasteiger partial charge is 0.443 e. The van der Waals surface area contributed by atoms with Crippen molar-refractivity contribution in [1.82, 2.24) is 4.57 Å². The van der Waals surface area contributed by atoms with Gasteiger partial charge in [-0.3, -0.25) is 4.57 Å². The van der Waals surface area contributed by atoms with Crippen molar-refractivity contribution in [3.63, 3.8) is 0 Å². The SMILES string of the molecule is CC(C)(C)OC(=O)n1cc2c(c1)C[C@@]1(O)CCC[C@@H](OCc3ccccc3)C1=C2. The van der Waals surface area contributed by atoms with E-state index < -0.39 is 17.3 Å². The first-order chi connectivity index (χ1) is 13.7. The molecule has 0 spiro atoms. The van der Waals surface area contributed by atoms with Crippen molar-refractivity contribution >= 4 is 12.2 Å². The summed E-state index contributed by atoms with van der Waals surface area (Å²) in [6.07, 6.45) is 8.06. The van der Waals surface area contributed by atoms with Crippen LogP contribution in [0.2, 0.25) is 0 Å². The zero-order valence-corrected chi connectivity index (χ0v) is 17.4. The van der Waals surface area contributed by atoms with Gasteiger partial charge in [0.1, 0.15) is 5.60 Å². The van der Waals surface area contributed by atoms with Gasteiger partial charge in [-0.25, -0.2) is 4.79 Å². The Morgan fingerprint density at radius 3 is 2.72 bits per heavy atom. The van der Waals surface area contributed by atoms with Crippen molar-refractivity contribution < 1.29 is 19.4 Å². The molecule has 0 radical (unpaired) electrons. The van der Waals surface area contributed by atoms with Gasteiger partial charge in [-0.2, -0.15) is 0 Å². The zero-order chi connectivity index (χ0) is 20.6. The molecule has 1 aromatic heterocycles. The number of nitrogens with zero attached hydrogens (tertiary/aromatic N) is 1. The molecule has 1 N–H and O–H groups in total. The van der Waals surface area contributed by atoms with E-state index >= 15 is 0 Å². The molecule has 2 atom stereocenters. The molecule has 2 aliphatic carbocycles. The molecule has 1 fully saturated rings. The summed E-state index contributed by atoms with van der Waals surface area (Å²) < 4.78 is 13.2. The number of hydrogen-bond donors (Lipinski definition) is 1. The number of carbonyl (C=O) groups excluding carboxylic acids is 1. The first kappa shape index (κ1) is 19.9. The number of aliphatic hydroxyl groups is 1. The third-order valence-corrected chi connectivity index (χ3v) is 5.58. The van der Waals surface area contributed by atoms with E-state index in [1.165, 1.54) is 4.57 Å². The number of fused-ring (bicyclic) bond motifs is 2. The summed E-state index contributed by atoms with van der Waals surface area (Å²) >= 11 is 0. The summed E-state index contributed by atoms with van der Waals surface area (Å²) in [5.41, 5.74) is 2.50. The molecule has 1 saturated carbocycles. The number of benzene rings is 1. The molecule has 0 saturated heterocycles. The van der Waals surface area contributed by atoms with Gasteiger partial charge in [0.05, 0.1) is 18.3 Å². The second-order valence-corrected chi connectivity index (χ2v) is 9.11. The Morgan fingerprint density at radius 2 is 2.00 bits per heavy atom. The monoisotopic (exact) mass is 395 g/mol. The van der Waals surface area contributed by atoms with Crippen LogP contribution >= 0.6 is 0 Å². The van der Waals surface area contributed by atoms with E-state index in [-0.39, 0.29) is 6.10 Å². The van der Waals surface area contributed by atoms with Crippen LogP contribution in [0.15, 0.2) is 48.3 Å². The van der Waals surface area contributed by atoms with E-state index in [2.05, 4.69) is 0 Å². The summed E-state index contributed by atoms with van der Waals surface area (Å²) in [7, 11) is 0. The summed E-state index contributed by atoms with van der Waals surface area (Å²) in [6.45, 7) is 6.07. The quantitative estimate of drug-likeness (QED) is 0.818. The third kappa shape index (κ3) is 4.31. The van der Waals surface area contributed by atoms with Crippen molar-refractivity contribution in [3.8, 4) is 0 Å². The highest BCUT2D eigenvalue weighted by Crippen LogP contribution is 2.43. The molecule has 5 nitrogen and oxygen atoms in total. The molecule has 2 aliphatic rings. The molecule has 0 bridgehead atoms. The number of aromatic nitrogens is 1. The number of carbonyl (C=O) groups is 1. The van der Waals surface area contributed by atoms with Gasteiger partial charge in [0, 0.05) is 18.8 Å². The lowest BCUT2D eigenvalue weighted by Gasteiger charge is -2.42. The topological polar surface area (TPSA) is 60.7 Å². The van der Waals surface area contributed by atoms with Crippen molar-refractivity contribution in [2.24, 2.45) is 0 Å². The highest BCUT2D eigenvalue weighted by atomic mass is 16.6. The Labute approximate surface area is 171 Å². The maximum atomic E-state index is 12.4. The van der Waals surface area contributed by atoms with E-state index in [1.807, 2.05) is 57.2 Å². The van der Waals surface area contributed by atoms with Crippen LogP contribution in [0.3, 0.4) is 0 Å². The fourth-order valence-electron chi connectivity index (χ4n) is 4.23. The predicted molar refractivity (Wildman–Crippen MR) is 112 cm³/mol. The van der Waals surface area contributed by atoms with Crippen LogP contribution in [-0.2, 0) is 22.5 Å². The first-order valence-electron chi connectivity index (χ1n) is 10.3. The lowest BCUT2D eigenvalue weighted by atomic mass is 9.71. The van der Waals surface area contributed by atoms with Crippen LogP contribution in [-0.4, -0.2) is 33.1 Å². The highest BCUT2D eigenvalue weighted by molar-refractivity contribution is 5.74. The van der Waals surface area contributed by atoms with E-state index in [4.69, 9.17) is 9.47 Å². The summed E-state index contributed by atoms with van der Waals surface area (Å²) in [4.78, 5) is 12.4. The van der Waals surface area contributed by atoms with Crippen LogP contribution in [0.4, 0.5) is 4.79 Å². The minimum Gasteiger partial charge on any atom is -0.443 e. The average molecular weight is 395 g/mol. The number of rotatable bonds is 3. The fraction of sp³-hybridized carbons (Fsp3) is 0.458. The van der Waals surface area contributed by atoms with Gasteiger partial charge in [0.15, 0.2) is 0 Å². The molecular formula is C24H29NO4. The third-order valence-electron chi connectivity index (χ3n) is 5.58. The van der Waals surface area contributed by atoms with Crippen LogP contribution in [0.5, 0.6) is 0 Å². The van der Waals surface area contributed by atoms with Gasteiger partial charge in [-0.05, 0) is 68.4 Å². The van der Waals surface area contributed by atoms with Crippen molar-refractivity contribution in [2.75, 3.05) is 0 Å². The van der Waals surface area contributed by atoms with Crippen molar-refractivity contribution in [2.45, 2.75) is 70.4 Å². The molecule has 2 aromatic rings. The number of ether oxygens (including phenoxy) is 2. The van der Waals surface area contributed by atoms with Gasteiger partial charge in [0.2, 0.25) is 0 Å². The maximum Gasteiger partial charge on any atom is 0.418 e. The van der Waals surface area contributed by atoms with E-state index in [0.29, 0.717) is 19.4 Å². The predicted octanol–water partition coefficient (Wildman–Crippen LogP) is 4.71. The minimum absolute atomic E-state index is 0.119. The molecule has 1 heterocycles. The van der Waals surface area contributed by atoms with Gasteiger partial charge < -0.3 is 14.6 Å². The van der Waals surface area contributed by atoms with E-state index in [1.54, 1.807) is 12.4 Å². The Bertz CT molecular complexity index is 922. The second kappa shape index (κ2) is 7.47. The molecule has 5 heteroatoms. The standard InChI is InChI=1S/C24H29NO4/c1-23(2,3)29-22(26)25-14-18-12-20-21(28-16-17-8-5-4-6-9-17)10-7-11-24(20,27)13-19(18)15-25/h4-6,8-9,12,14-15,21,27H,7,10-11,13,16H2,1-3H3/t21-,24+/m1/s1. The van der Waals surface area contributed by atoms with Crippen LogP contribution in [0, 0.1) is 0 Å². The summed E-state index contributed by atoms with van der Waals surface area (Å²) in [5.74, 6) is 0. The molecule has 1 aromatic carbocycles. The van der Waals surface area contributed by atoms with Crippen LogP contribution in [0.25, 0.3) is 6.08 Å². The fourth-order valence-corrected chi connectivity index (χ4v) is 4.23. The Morgan fingerprint density at radius 1 is 1.24 bits per heavy atom. The van der Waals surface area contributed by atoms with Crippen LogP contribution < -0.4 is 0 Å². The molecule has 29 heavy (non-hydrogen) atoms. The van der Waals surface area contributed by atoms with Gasteiger partial charge in [0.25, 0.3) is 0 Å².